The van der Waals surface area contributed by atoms with Gasteiger partial charge in [-0.1, -0.05) is 27.2 Å². The molecule has 0 aromatic rings. The topological polar surface area (TPSA) is 49.4 Å². The SMILES string of the molecule is CCC(C)C1NC(=O)CCN(C2CCC(C)C2)C1=O. The summed E-state index contributed by atoms with van der Waals surface area (Å²) in [4.78, 5) is 26.5. The number of hydrogen-bond donors (Lipinski definition) is 1. The number of amides is 2. The fourth-order valence-corrected chi connectivity index (χ4v) is 3.26. The number of nitrogens with zero attached hydrogens (tertiary/aromatic N) is 1. The van der Waals surface area contributed by atoms with E-state index < -0.39 is 0 Å². The largest absolute Gasteiger partial charge is 0.344 e. The lowest BCUT2D eigenvalue weighted by Crippen LogP contribution is -2.50. The Bertz CT molecular complexity index is 356. The molecule has 4 nitrogen and oxygen atoms in total. The van der Waals surface area contributed by atoms with Crippen LogP contribution >= 0.6 is 0 Å². The van der Waals surface area contributed by atoms with Gasteiger partial charge in [-0.3, -0.25) is 9.59 Å². The molecule has 1 aliphatic carbocycles. The van der Waals surface area contributed by atoms with Gasteiger partial charge in [-0.15, -0.1) is 0 Å². The van der Waals surface area contributed by atoms with Gasteiger partial charge in [-0.05, 0) is 31.1 Å². The molecule has 2 rings (SSSR count). The first-order valence-corrected chi connectivity index (χ1v) is 7.62. The molecule has 0 radical (unpaired) electrons. The van der Waals surface area contributed by atoms with Crippen molar-refractivity contribution < 1.29 is 9.59 Å². The van der Waals surface area contributed by atoms with Crippen molar-refractivity contribution >= 4 is 11.8 Å². The summed E-state index contributed by atoms with van der Waals surface area (Å²) in [5, 5.41) is 2.91. The van der Waals surface area contributed by atoms with E-state index in [1.54, 1.807) is 0 Å². The molecule has 1 heterocycles. The van der Waals surface area contributed by atoms with Gasteiger partial charge in [-0.2, -0.15) is 0 Å². The van der Waals surface area contributed by atoms with Crippen LogP contribution in [0.4, 0.5) is 0 Å². The third kappa shape index (κ3) is 3.10. The molecule has 0 aromatic carbocycles. The summed E-state index contributed by atoms with van der Waals surface area (Å²) in [5.41, 5.74) is 0. The smallest absolute Gasteiger partial charge is 0.245 e. The van der Waals surface area contributed by atoms with Crippen LogP contribution in [0.25, 0.3) is 0 Å². The lowest BCUT2D eigenvalue weighted by molar-refractivity contribution is -0.136. The predicted octanol–water partition coefficient (Wildman–Crippen LogP) is 1.94. The molecule has 2 fully saturated rings. The third-order valence-corrected chi connectivity index (χ3v) is 4.77. The Balaban J connectivity index is 2.14. The highest BCUT2D eigenvalue weighted by atomic mass is 16.2. The Morgan fingerprint density at radius 2 is 2.11 bits per heavy atom. The number of rotatable bonds is 3. The van der Waals surface area contributed by atoms with Gasteiger partial charge in [0.2, 0.25) is 11.8 Å². The van der Waals surface area contributed by atoms with Gasteiger partial charge in [0.15, 0.2) is 0 Å². The summed E-state index contributed by atoms with van der Waals surface area (Å²) in [6.45, 7) is 6.95. The quantitative estimate of drug-likeness (QED) is 0.848. The van der Waals surface area contributed by atoms with Crippen LogP contribution in [0.5, 0.6) is 0 Å². The molecule has 1 saturated heterocycles. The second-order valence-electron chi connectivity index (χ2n) is 6.28. The van der Waals surface area contributed by atoms with Crippen molar-refractivity contribution in [1.29, 1.82) is 0 Å². The van der Waals surface area contributed by atoms with Gasteiger partial charge < -0.3 is 10.2 Å². The van der Waals surface area contributed by atoms with Crippen molar-refractivity contribution in [2.45, 2.75) is 65.0 Å². The van der Waals surface area contributed by atoms with Crippen molar-refractivity contribution in [3.05, 3.63) is 0 Å². The summed E-state index contributed by atoms with van der Waals surface area (Å²) >= 11 is 0. The van der Waals surface area contributed by atoms with Crippen molar-refractivity contribution in [3.63, 3.8) is 0 Å². The molecule has 0 spiro atoms. The third-order valence-electron chi connectivity index (χ3n) is 4.77. The van der Waals surface area contributed by atoms with Gasteiger partial charge in [0.25, 0.3) is 0 Å². The van der Waals surface area contributed by atoms with E-state index in [2.05, 4.69) is 19.2 Å². The van der Waals surface area contributed by atoms with E-state index in [9.17, 15) is 9.59 Å². The summed E-state index contributed by atoms with van der Waals surface area (Å²) in [6, 6.07) is 0.0256. The standard InChI is InChI=1S/C15H26N2O2/c1-4-11(3)14-15(19)17(8-7-13(18)16-14)12-6-5-10(2)9-12/h10-12,14H,4-9H2,1-3H3,(H,16,18). The van der Waals surface area contributed by atoms with Crippen LogP contribution in [0.3, 0.4) is 0 Å². The monoisotopic (exact) mass is 266 g/mol. The molecule has 2 amide bonds. The van der Waals surface area contributed by atoms with Gasteiger partial charge in [0, 0.05) is 19.0 Å². The van der Waals surface area contributed by atoms with Crippen LogP contribution in [-0.2, 0) is 9.59 Å². The predicted molar refractivity (Wildman–Crippen MR) is 74.5 cm³/mol. The van der Waals surface area contributed by atoms with E-state index in [4.69, 9.17) is 0 Å². The summed E-state index contributed by atoms with van der Waals surface area (Å²) in [5.74, 6) is 1.06. The first-order valence-electron chi connectivity index (χ1n) is 7.62. The highest BCUT2D eigenvalue weighted by molar-refractivity contribution is 5.90. The van der Waals surface area contributed by atoms with Gasteiger partial charge in [-0.25, -0.2) is 0 Å². The molecule has 4 atom stereocenters. The van der Waals surface area contributed by atoms with Crippen molar-refractivity contribution in [2.75, 3.05) is 6.54 Å². The molecule has 108 valence electrons. The van der Waals surface area contributed by atoms with E-state index in [0.717, 1.165) is 19.3 Å². The van der Waals surface area contributed by atoms with E-state index in [1.807, 2.05) is 11.8 Å². The first-order chi connectivity index (χ1) is 9.02. The zero-order chi connectivity index (χ0) is 14.0. The summed E-state index contributed by atoms with van der Waals surface area (Å²) < 4.78 is 0. The van der Waals surface area contributed by atoms with E-state index in [-0.39, 0.29) is 23.8 Å². The summed E-state index contributed by atoms with van der Waals surface area (Å²) in [7, 11) is 0. The second kappa shape index (κ2) is 5.93. The zero-order valence-electron chi connectivity index (χ0n) is 12.3. The van der Waals surface area contributed by atoms with Crippen LogP contribution in [0.1, 0.15) is 52.9 Å². The highest BCUT2D eigenvalue weighted by Gasteiger charge is 2.37. The Morgan fingerprint density at radius 1 is 1.37 bits per heavy atom. The number of nitrogens with one attached hydrogen (secondary N) is 1. The minimum atomic E-state index is -0.323. The van der Waals surface area contributed by atoms with Crippen LogP contribution < -0.4 is 5.32 Å². The fraction of sp³-hybridized carbons (Fsp3) is 0.867. The Labute approximate surface area is 115 Å². The Morgan fingerprint density at radius 3 is 2.68 bits per heavy atom. The fourth-order valence-electron chi connectivity index (χ4n) is 3.26. The van der Waals surface area contributed by atoms with Crippen molar-refractivity contribution in [1.82, 2.24) is 10.2 Å². The van der Waals surface area contributed by atoms with Crippen molar-refractivity contribution in [3.8, 4) is 0 Å². The molecule has 2 aliphatic rings. The van der Waals surface area contributed by atoms with Crippen LogP contribution in [-0.4, -0.2) is 35.3 Å². The number of carbonyl (C=O) groups is 2. The maximum absolute atomic E-state index is 12.7. The van der Waals surface area contributed by atoms with E-state index in [1.165, 1.54) is 6.42 Å². The molecule has 0 bridgehead atoms. The Kier molecular flexibility index (Phi) is 4.48. The highest BCUT2D eigenvalue weighted by Crippen LogP contribution is 2.30. The Hall–Kier alpha value is -1.06. The molecular weight excluding hydrogens is 240 g/mol. The molecular formula is C15H26N2O2. The molecule has 19 heavy (non-hydrogen) atoms. The maximum atomic E-state index is 12.7. The number of carbonyl (C=O) groups excluding carboxylic acids is 2. The molecule has 1 N–H and O–H groups in total. The van der Waals surface area contributed by atoms with Crippen LogP contribution in [0.2, 0.25) is 0 Å². The van der Waals surface area contributed by atoms with Crippen LogP contribution in [0.15, 0.2) is 0 Å². The lowest BCUT2D eigenvalue weighted by atomic mass is 9.97. The second-order valence-corrected chi connectivity index (χ2v) is 6.28. The lowest BCUT2D eigenvalue weighted by Gasteiger charge is -2.31. The minimum absolute atomic E-state index is 0.0206. The van der Waals surface area contributed by atoms with Crippen molar-refractivity contribution in [2.24, 2.45) is 11.8 Å². The molecule has 1 aliphatic heterocycles. The van der Waals surface area contributed by atoms with E-state index in [0.29, 0.717) is 24.9 Å². The van der Waals surface area contributed by atoms with Gasteiger partial charge in [0.05, 0.1) is 0 Å². The first kappa shape index (κ1) is 14.4. The average Bonchev–Trinajstić information content (AvgIpc) is 2.75. The molecule has 4 unspecified atom stereocenters. The normalized spacial score (nSPS) is 34.1. The summed E-state index contributed by atoms with van der Waals surface area (Å²) in [6.07, 6.45) is 4.74. The van der Waals surface area contributed by atoms with E-state index >= 15 is 0 Å². The molecule has 4 heteroatoms. The maximum Gasteiger partial charge on any atom is 0.245 e. The molecule has 1 saturated carbocycles. The average molecular weight is 266 g/mol. The number of hydrogen-bond acceptors (Lipinski definition) is 2. The zero-order valence-corrected chi connectivity index (χ0v) is 12.3. The molecule has 0 aromatic heterocycles. The van der Waals surface area contributed by atoms with Crippen LogP contribution in [0, 0.1) is 11.8 Å². The van der Waals surface area contributed by atoms with Gasteiger partial charge >= 0.3 is 0 Å². The van der Waals surface area contributed by atoms with Gasteiger partial charge in [0.1, 0.15) is 6.04 Å². The minimum Gasteiger partial charge on any atom is -0.344 e.